The van der Waals surface area contributed by atoms with Gasteiger partial charge in [-0.25, -0.2) is 0 Å². The number of benzene rings is 1. The quantitative estimate of drug-likeness (QED) is 0.248. The van der Waals surface area contributed by atoms with Crippen molar-refractivity contribution in [1.29, 1.82) is 0 Å². The number of hydrazone groups is 1. The van der Waals surface area contributed by atoms with Gasteiger partial charge in [0.2, 0.25) is 0 Å². The molecule has 2 aliphatic heterocycles. The highest BCUT2D eigenvalue weighted by atomic mass is 32.1. The number of alkyl halides is 3. The normalized spacial score (nSPS) is 17.3. The molecule has 1 aromatic carbocycles. The molecule has 38 heavy (non-hydrogen) atoms. The molecule has 1 aromatic heterocycles. The number of fused-ring (bicyclic) bond motifs is 1. The maximum absolute atomic E-state index is 13.8. The van der Waals surface area contributed by atoms with Crippen molar-refractivity contribution in [3.8, 4) is 5.75 Å². The molecule has 0 aliphatic carbocycles. The Morgan fingerprint density at radius 2 is 1.92 bits per heavy atom. The van der Waals surface area contributed by atoms with Crippen LogP contribution in [0.25, 0.3) is 0 Å². The van der Waals surface area contributed by atoms with E-state index in [2.05, 4.69) is 57.0 Å². The first kappa shape index (κ1) is 29.8. The smallest absolute Gasteiger partial charge is 0.420 e. The molecule has 0 spiro atoms. The van der Waals surface area contributed by atoms with Gasteiger partial charge in [0.1, 0.15) is 29.4 Å². The lowest BCUT2D eigenvalue weighted by Gasteiger charge is -2.32. The summed E-state index contributed by atoms with van der Waals surface area (Å²) in [5.41, 5.74) is 2.59. The summed E-state index contributed by atoms with van der Waals surface area (Å²) < 4.78 is 53.1. The van der Waals surface area contributed by atoms with E-state index >= 15 is 0 Å². The first-order valence-electron chi connectivity index (χ1n) is 12.3. The highest BCUT2D eigenvalue weighted by molar-refractivity contribution is 7.79. The Balaban J connectivity index is 0.00000195. The molecule has 0 bridgehead atoms. The van der Waals surface area contributed by atoms with Crippen molar-refractivity contribution in [2.75, 3.05) is 64.6 Å². The second-order valence-corrected chi connectivity index (χ2v) is 8.80. The second-order valence-electron chi connectivity index (χ2n) is 8.80. The van der Waals surface area contributed by atoms with Crippen LogP contribution in [0, 0.1) is 0 Å². The van der Waals surface area contributed by atoms with Crippen molar-refractivity contribution in [2.45, 2.75) is 19.1 Å². The number of aliphatic imine (C=N–C) groups is 1. The van der Waals surface area contributed by atoms with Gasteiger partial charge in [0.25, 0.3) is 0 Å². The Kier molecular flexibility index (Phi) is 11.3. The van der Waals surface area contributed by atoms with Crippen molar-refractivity contribution in [2.24, 2.45) is 10.1 Å². The molecule has 2 N–H and O–H groups in total. The summed E-state index contributed by atoms with van der Waals surface area (Å²) in [6, 6.07) is 8.50. The van der Waals surface area contributed by atoms with E-state index in [-0.39, 0.29) is 5.76 Å². The number of hydrogen-bond acceptors (Lipinski definition) is 9. The van der Waals surface area contributed by atoms with Crippen LogP contribution in [-0.4, -0.2) is 87.6 Å². The number of furan rings is 1. The maximum Gasteiger partial charge on any atom is 0.420 e. The molecule has 0 amide bonds. The minimum absolute atomic E-state index is 0.0206. The predicted octanol–water partition coefficient (Wildman–Crippen LogP) is 4.06. The summed E-state index contributed by atoms with van der Waals surface area (Å²) >= 11 is 3.53. The second kappa shape index (κ2) is 14.4. The molecule has 12 heteroatoms. The highest BCUT2D eigenvalue weighted by Gasteiger charge is 2.39. The summed E-state index contributed by atoms with van der Waals surface area (Å²) in [5, 5.41) is 7.26. The van der Waals surface area contributed by atoms with Crippen molar-refractivity contribution in [1.82, 2.24) is 15.1 Å². The molecule has 2 aromatic rings. The number of hydrogen-bond donors (Lipinski definition) is 3. The van der Waals surface area contributed by atoms with Crippen LogP contribution < -0.4 is 15.5 Å². The first-order chi connectivity index (χ1) is 18.3. The molecule has 8 nitrogen and oxygen atoms in total. The molecular formula is C26H35F3N6O2S. The summed E-state index contributed by atoms with van der Waals surface area (Å²) in [4.78, 5) is 8.01. The van der Waals surface area contributed by atoms with Gasteiger partial charge in [-0.2, -0.15) is 30.9 Å². The van der Waals surface area contributed by atoms with Crippen molar-refractivity contribution in [3.63, 3.8) is 0 Å². The first-order valence-corrected chi connectivity index (χ1v) is 13.2. The van der Waals surface area contributed by atoms with Crippen molar-refractivity contribution >= 4 is 30.7 Å². The van der Waals surface area contributed by atoms with Gasteiger partial charge in [0.15, 0.2) is 5.76 Å². The van der Waals surface area contributed by atoms with Crippen LogP contribution in [0.1, 0.15) is 17.1 Å². The molecule has 0 atom stereocenters. The molecule has 0 unspecified atom stereocenters. The van der Waals surface area contributed by atoms with Crippen LogP contribution >= 0.6 is 12.6 Å². The Morgan fingerprint density at radius 3 is 2.55 bits per heavy atom. The third-order valence-electron chi connectivity index (χ3n) is 6.18. The van der Waals surface area contributed by atoms with Gasteiger partial charge in [-0.05, 0) is 50.4 Å². The largest absolute Gasteiger partial charge is 0.492 e. The molecule has 0 saturated carbocycles. The van der Waals surface area contributed by atoms with Gasteiger partial charge in [0, 0.05) is 64.0 Å². The Hall–Kier alpha value is -2.80. The summed E-state index contributed by atoms with van der Waals surface area (Å²) in [7, 11) is 2.12. The van der Waals surface area contributed by atoms with Gasteiger partial charge in [-0.1, -0.05) is 0 Å². The van der Waals surface area contributed by atoms with Gasteiger partial charge in [-0.3, -0.25) is 15.3 Å². The summed E-state index contributed by atoms with van der Waals surface area (Å²) in [6.07, 6.45) is -1.76. The lowest BCUT2D eigenvalue weighted by atomic mass is 10.1. The lowest BCUT2D eigenvalue weighted by molar-refractivity contribution is -0.0862. The van der Waals surface area contributed by atoms with Gasteiger partial charge in [0.05, 0.1) is 5.69 Å². The average Bonchev–Trinajstić information content (AvgIpc) is 3.35. The number of allylic oxidation sites excluding steroid dienone is 1. The number of halogens is 3. The van der Waals surface area contributed by atoms with Crippen LogP contribution in [0.4, 0.5) is 18.9 Å². The molecule has 0 radical (unpaired) electrons. The zero-order valence-electron chi connectivity index (χ0n) is 21.7. The van der Waals surface area contributed by atoms with E-state index in [1.807, 2.05) is 0 Å². The Labute approximate surface area is 227 Å². The fourth-order valence-electron chi connectivity index (χ4n) is 4.09. The van der Waals surface area contributed by atoms with Gasteiger partial charge < -0.3 is 19.4 Å². The minimum atomic E-state index is -4.70. The predicted molar refractivity (Wildman–Crippen MR) is 149 cm³/mol. The van der Waals surface area contributed by atoms with E-state index in [1.165, 1.54) is 0 Å². The highest BCUT2D eigenvalue weighted by Crippen LogP contribution is 2.31. The number of likely N-dealkylation sites (N-methyl/N-ethyl adjacent to an activating group) is 1. The summed E-state index contributed by atoms with van der Waals surface area (Å²) in [5.74, 6) is 1.35. The summed E-state index contributed by atoms with van der Waals surface area (Å²) in [6.45, 7) is 9.95. The number of ether oxygens (including phenoxy) is 1. The number of anilines is 1. The molecular weight excluding hydrogens is 517 g/mol. The van der Waals surface area contributed by atoms with Crippen LogP contribution in [0.3, 0.4) is 0 Å². The van der Waals surface area contributed by atoms with Crippen LogP contribution in [0.15, 0.2) is 56.6 Å². The minimum Gasteiger partial charge on any atom is -0.492 e. The Bertz CT molecular complexity index is 1070. The lowest BCUT2D eigenvalue weighted by Crippen LogP contribution is -2.45. The van der Waals surface area contributed by atoms with E-state index in [1.54, 1.807) is 36.6 Å². The van der Waals surface area contributed by atoms with E-state index in [0.717, 1.165) is 38.3 Å². The van der Waals surface area contributed by atoms with Crippen LogP contribution in [0.2, 0.25) is 0 Å². The fraction of sp³-hybridized carbons (Fsp3) is 0.462. The van der Waals surface area contributed by atoms with Gasteiger partial charge in [-0.15, -0.1) is 0 Å². The molecule has 1 saturated heterocycles. The number of thiol groups is 1. The van der Waals surface area contributed by atoms with Gasteiger partial charge >= 0.3 is 6.18 Å². The molecule has 2 aliphatic rings. The molecule has 208 valence electrons. The third kappa shape index (κ3) is 8.35. The number of nitrogens with one attached hydrogen (secondary N) is 2. The van der Waals surface area contributed by atoms with Crippen LogP contribution in [0.5, 0.6) is 5.75 Å². The van der Waals surface area contributed by atoms with E-state index in [9.17, 15) is 13.2 Å². The standard InChI is InChI=1S/C25H31F3N6O2.CH4S/c1-29-17-21(25(26,27)28)24(23-15-18-16-30-8-7-22(18)36-23)32-31-19-3-5-20(6-4-19)35-14-13-34-11-9-33(2)10-12-34;1-2/h3-6,15,17,30-31H,1,7-14,16H2,2H3;2H,1H3/b21-17+,32-24+;. The number of piperazine rings is 1. The molecule has 4 rings (SSSR count). The van der Waals surface area contributed by atoms with Crippen LogP contribution in [-0.2, 0) is 13.0 Å². The SMILES string of the molecule is C=N/C=C(\C(=N/Nc1ccc(OCCN2CCN(C)CC2)cc1)c1cc2c(o1)CCNC2)C(F)(F)F.CS. The molecule has 3 heterocycles. The maximum atomic E-state index is 13.8. The monoisotopic (exact) mass is 552 g/mol. The molecule has 1 fully saturated rings. The zero-order valence-corrected chi connectivity index (χ0v) is 22.6. The van der Waals surface area contributed by atoms with E-state index in [4.69, 9.17) is 9.15 Å². The van der Waals surface area contributed by atoms with E-state index < -0.39 is 17.5 Å². The number of rotatable bonds is 9. The zero-order chi connectivity index (χ0) is 27.5. The van der Waals surface area contributed by atoms with E-state index in [0.29, 0.717) is 49.5 Å². The number of nitrogens with zero attached hydrogens (tertiary/aromatic N) is 4. The van der Waals surface area contributed by atoms with Crippen molar-refractivity contribution < 1.29 is 22.3 Å². The van der Waals surface area contributed by atoms with Crippen molar-refractivity contribution in [3.05, 3.63) is 59.2 Å². The average molecular weight is 553 g/mol. The third-order valence-corrected chi connectivity index (χ3v) is 6.18. The topological polar surface area (TPSA) is 77.6 Å². The Morgan fingerprint density at radius 1 is 1.21 bits per heavy atom. The fourth-order valence-corrected chi connectivity index (χ4v) is 4.09.